The van der Waals surface area contributed by atoms with Gasteiger partial charge in [-0.25, -0.2) is 9.69 Å². The maximum Gasteiger partial charge on any atom is 0.416 e. The number of carbonyl (C=O) groups is 2. The van der Waals surface area contributed by atoms with E-state index in [1.807, 2.05) is 30.3 Å². The van der Waals surface area contributed by atoms with Gasteiger partial charge in [0.15, 0.2) is 0 Å². The number of imide groups is 1. The normalized spacial score (nSPS) is 19.8. The first kappa shape index (κ1) is 15.3. The van der Waals surface area contributed by atoms with Gasteiger partial charge in [-0.3, -0.25) is 4.79 Å². The van der Waals surface area contributed by atoms with Crippen molar-refractivity contribution in [2.24, 2.45) is 0 Å². The van der Waals surface area contributed by atoms with Gasteiger partial charge in [0.1, 0.15) is 6.61 Å². The molecule has 112 valence electrons. The summed E-state index contributed by atoms with van der Waals surface area (Å²) in [6.07, 6.45) is 2.11. The second-order valence-corrected chi connectivity index (χ2v) is 4.98. The Bertz CT molecular complexity index is 526. The number of benzene rings is 1. The average molecular weight is 289 g/mol. The van der Waals surface area contributed by atoms with Gasteiger partial charge in [0.25, 0.3) is 0 Å². The molecule has 1 saturated heterocycles. The SMILES string of the molecule is C/C=C/[C@@H](O)CC(=O)N1C(=O)OC[C@H]1Cc1ccccc1. The lowest BCUT2D eigenvalue weighted by Gasteiger charge is -2.20. The maximum atomic E-state index is 12.2. The molecule has 2 rings (SSSR count). The van der Waals surface area contributed by atoms with Crippen LogP contribution in [0.3, 0.4) is 0 Å². The molecule has 1 aliphatic heterocycles. The summed E-state index contributed by atoms with van der Waals surface area (Å²) in [7, 11) is 0. The third-order valence-electron chi connectivity index (χ3n) is 3.34. The highest BCUT2D eigenvalue weighted by Crippen LogP contribution is 2.19. The van der Waals surface area contributed by atoms with E-state index < -0.39 is 18.1 Å². The number of cyclic esters (lactones) is 1. The van der Waals surface area contributed by atoms with Gasteiger partial charge in [-0.2, -0.15) is 0 Å². The van der Waals surface area contributed by atoms with E-state index in [0.717, 1.165) is 10.5 Å². The first-order chi connectivity index (χ1) is 10.1. The van der Waals surface area contributed by atoms with Crippen LogP contribution < -0.4 is 0 Å². The van der Waals surface area contributed by atoms with Crippen LogP contribution >= 0.6 is 0 Å². The van der Waals surface area contributed by atoms with Crippen molar-refractivity contribution >= 4 is 12.0 Å². The molecule has 1 heterocycles. The number of ether oxygens (including phenoxy) is 1. The smallest absolute Gasteiger partial charge is 0.416 e. The molecule has 0 spiro atoms. The van der Waals surface area contributed by atoms with Crippen LogP contribution in [0.1, 0.15) is 18.9 Å². The molecular weight excluding hydrogens is 270 g/mol. The number of nitrogens with zero attached hydrogens (tertiary/aromatic N) is 1. The molecule has 2 amide bonds. The number of allylic oxidation sites excluding steroid dienone is 1. The second-order valence-electron chi connectivity index (χ2n) is 4.98. The molecule has 2 atom stereocenters. The minimum absolute atomic E-state index is 0.120. The molecule has 5 nitrogen and oxygen atoms in total. The third-order valence-corrected chi connectivity index (χ3v) is 3.34. The van der Waals surface area contributed by atoms with Gasteiger partial charge < -0.3 is 9.84 Å². The largest absolute Gasteiger partial charge is 0.447 e. The highest BCUT2D eigenvalue weighted by atomic mass is 16.6. The molecule has 1 aliphatic rings. The predicted octanol–water partition coefficient (Wildman–Crippen LogP) is 1.90. The van der Waals surface area contributed by atoms with E-state index in [2.05, 4.69) is 0 Å². The van der Waals surface area contributed by atoms with Gasteiger partial charge in [-0.05, 0) is 18.9 Å². The van der Waals surface area contributed by atoms with Gasteiger partial charge in [-0.1, -0.05) is 42.5 Å². The molecule has 5 heteroatoms. The van der Waals surface area contributed by atoms with E-state index >= 15 is 0 Å². The third kappa shape index (κ3) is 3.92. The van der Waals surface area contributed by atoms with Crippen molar-refractivity contribution in [1.29, 1.82) is 0 Å². The minimum atomic E-state index is -0.881. The van der Waals surface area contributed by atoms with E-state index in [1.54, 1.807) is 13.0 Å². The van der Waals surface area contributed by atoms with E-state index in [1.165, 1.54) is 6.08 Å². The van der Waals surface area contributed by atoms with E-state index in [4.69, 9.17) is 4.74 Å². The summed E-state index contributed by atoms with van der Waals surface area (Å²) >= 11 is 0. The molecule has 1 N–H and O–H groups in total. The summed E-state index contributed by atoms with van der Waals surface area (Å²) in [6, 6.07) is 9.31. The van der Waals surface area contributed by atoms with Crippen molar-refractivity contribution in [2.75, 3.05) is 6.61 Å². The van der Waals surface area contributed by atoms with Crippen LogP contribution in [0, 0.1) is 0 Å². The molecule has 0 radical (unpaired) electrons. The van der Waals surface area contributed by atoms with E-state index in [-0.39, 0.29) is 19.1 Å². The molecular formula is C16H19NO4. The fourth-order valence-corrected chi connectivity index (χ4v) is 2.37. The van der Waals surface area contributed by atoms with Crippen molar-refractivity contribution in [3.05, 3.63) is 48.0 Å². The number of amides is 2. The Morgan fingerprint density at radius 3 is 2.86 bits per heavy atom. The summed E-state index contributed by atoms with van der Waals surface area (Å²) < 4.78 is 4.98. The molecule has 1 fully saturated rings. The van der Waals surface area contributed by atoms with Gasteiger partial charge in [0.05, 0.1) is 18.6 Å². The summed E-state index contributed by atoms with van der Waals surface area (Å²) in [5.74, 6) is -0.413. The zero-order valence-electron chi connectivity index (χ0n) is 11.9. The fourth-order valence-electron chi connectivity index (χ4n) is 2.37. The van der Waals surface area contributed by atoms with Crippen LogP contribution in [-0.2, 0) is 16.0 Å². The molecule has 0 saturated carbocycles. The van der Waals surface area contributed by atoms with Gasteiger partial charge in [0, 0.05) is 0 Å². The Hall–Kier alpha value is -2.14. The number of hydrogen-bond acceptors (Lipinski definition) is 4. The minimum Gasteiger partial charge on any atom is -0.447 e. The summed E-state index contributed by atoms with van der Waals surface area (Å²) in [6.45, 7) is 1.95. The Kier molecular flexibility index (Phi) is 5.11. The van der Waals surface area contributed by atoms with Crippen molar-refractivity contribution in [3.8, 4) is 0 Å². The number of rotatable bonds is 5. The Labute approximate surface area is 123 Å². The molecule has 0 aliphatic carbocycles. The quantitative estimate of drug-likeness (QED) is 0.841. The molecule has 0 aromatic heterocycles. The number of aliphatic hydroxyl groups excluding tert-OH is 1. The molecule has 1 aromatic rings. The van der Waals surface area contributed by atoms with Crippen LogP contribution in [0.5, 0.6) is 0 Å². The lowest BCUT2D eigenvalue weighted by molar-refractivity contribution is -0.130. The van der Waals surface area contributed by atoms with Crippen molar-refractivity contribution < 1.29 is 19.4 Å². The summed E-state index contributed by atoms with van der Waals surface area (Å²) in [5, 5.41) is 9.66. The highest BCUT2D eigenvalue weighted by Gasteiger charge is 2.38. The lowest BCUT2D eigenvalue weighted by Crippen LogP contribution is -2.41. The molecule has 0 bridgehead atoms. The fraction of sp³-hybridized carbons (Fsp3) is 0.375. The lowest BCUT2D eigenvalue weighted by atomic mass is 10.1. The summed E-state index contributed by atoms with van der Waals surface area (Å²) in [4.78, 5) is 25.0. The van der Waals surface area contributed by atoms with Crippen LogP contribution in [0.15, 0.2) is 42.5 Å². The highest BCUT2D eigenvalue weighted by molar-refractivity contribution is 5.93. The van der Waals surface area contributed by atoms with Gasteiger partial charge in [0.2, 0.25) is 5.91 Å². The van der Waals surface area contributed by atoms with Crippen LogP contribution in [0.2, 0.25) is 0 Å². The first-order valence-electron chi connectivity index (χ1n) is 6.95. The predicted molar refractivity (Wildman–Crippen MR) is 77.6 cm³/mol. The van der Waals surface area contributed by atoms with Crippen LogP contribution in [-0.4, -0.2) is 40.8 Å². The number of hydrogen-bond donors (Lipinski definition) is 1. The maximum absolute atomic E-state index is 12.2. The van der Waals surface area contributed by atoms with Crippen molar-refractivity contribution in [1.82, 2.24) is 4.90 Å². The zero-order chi connectivity index (χ0) is 15.2. The Morgan fingerprint density at radius 1 is 1.48 bits per heavy atom. The first-order valence-corrected chi connectivity index (χ1v) is 6.95. The Morgan fingerprint density at radius 2 is 2.19 bits per heavy atom. The molecule has 1 aromatic carbocycles. The van der Waals surface area contributed by atoms with E-state index in [0.29, 0.717) is 6.42 Å². The van der Waals surface area contributed by atoms with Gasteiger partial charge >= 0.3 is 6.09 Å². The number of aliphatic hydroxyl groups is 1. The van der Waals surface area contributed by atoms with Gasteiger partial charge in [-0.15, -0.1) is 0 Å². The zero-order valence-corrected chi connectivity index (χ0v) is 11.9. The average Bonchev–Trinajstić information content (AvgIpc) is 2.81. The monoisotopic (exact) mass is 289 g/mol. The van der Waals surface area contributed by atoms with E-state index in [9.17, 15) is 14.7 Å². The summed E-state index contributed by atoms with van der Waals surface area (Å²) in [5.41, 5.74) is 1.03. The topological polar surface area (TPSA) is 66.8 Å². The molecule has 21 heavy (non-hydrogen) atoms. The number of carbonyl (C=O) groups excluding carboxylic acids is 2. The van der Waals surface area contributed by atoms with Crippen LogP contribution in [0.25, 0.3) is 0 Å². The standard InChI is InChI=1S/C16H19NO4/c1-2-6-14(18)10-15(19)17-13(11-21-16(17)20)9-12-7-4-3-5-8-12/h2-8,13-14,18H,9-11H2,1H3/b6-2+/t13-,14-/m1/s1. The molecule has 0 unspecified atom stereocenters. The van der Waals surface area contributed by atoms with Crippen molar-refractivity contribution in [2.45, 2.75) is 31.9 Å². The van der Waals surface area contributed by atoms with Crippen molar-refractivity contribution in [3.63, 3.8) is 0 Å². The Balaban J connectivity index is 2.04. The van der Waals surface area contributed by atoms with Crippen LogP contribution in [0.4, 0.5) is 4.79 Å². The second kappa shape index (κ2) is 7.04.